The van der Waals surface area contributed by atoms with Gasteiger partial charge in [0, 0.05) is 11.3 Å². The highest BCUT2D eigenvalue weighted by Gasteiger charge is 2.47. The lowest BCUT2D eigenvalue weighted by molar-refractivity contribution is -0.132. The first-order chi connectivity index (χ1) is 14.9. The van der Waals surface area contributed by atoms with Crippen LogP contribution in [0.25, 0.3) is 5.76 Å². The lowest BCUT2D eigenvalue weighted by atomic mass is 9.95. The second-order valence-electron chi connectivity index (χ2n) is 6.90. The molecular weight excluding hydrogens is 421 g/mol. The fourth-order valence-electron chi connectivity index (χ4n) is 3.61. The molecule has 1 fully saturated rings. The van der Waals surface area contributed by atoms with Crippen molar-refractivity contribution in [1.29, 1.82) is 0 Å². The summed E-state index contributed by atoms with van der Waals surface area (Å²) in [5, 5.41) is 11.3. The van der Waals surface area contributed by atoms with Crippen molar-refractivity contribution in [2.45, 2.75) is 6.04 Å². The highest BCUT2D eigenvalue weighted by atomic mass is 35.5. The maximum Gasteiger partial charge on any atom is 0.300 e. The average molecular weight is 438 g/mol. The number of nitrogens with zero attached hydrogens (tertiary/aromatic N) is 1. The third-order valence-electron chi connectivity index (χ3n) is 5.09. The van der Waals surface area contributed by atoms with Crippen LogP contribution >= 0.6 is 11.6 Å². The average Bonchev–Trinajstić information content (AvgIpc) is 3.05. The minimum atomic E-state index is -0.967. The first-order valence-electron chi connectivity index (χ1n) is 9.38. The third kappa shape index (κ3) is 3.66. The Labute approximate surface area is 182 Å². The molecule has 0 spiro atoms. The first kappa shape index (κ1) is 20.6. The summed E-state index contributed by atoms with van der Waals surface area (Å²) in [4.78, 5) is 27.4. The van der Waals surface area contributed by atoms with E-state index in [0.29, 0.717) is 17.0 Å². The molecular formula is C24H17ClFNO4. The molecule has 31 heavy (non-hydrogen) atoms. The molecule has 1 N–H and O–H groups in total. The number of rotatable bonds is 4. The Hall–Kier alpha value is -3.64. The number of halogens is 2. The predicted molar refractivity (Wildman–Crippen MR) is 116 cm³/mol. The number of benzene rings is 3. The maximum absolute atomic E-state index is 13.6. The summed E-state index contributed by atoms with van der Waals surface area (Å²) in [5.74, 6) is -2.15. The van der Waals surface area contributed by atoms with Gasteiger partial charge < -0.3 is 9.84 Å². The molecule has 1 heterocycles. The summed E-state index contributed by atoms with van der Waals surface area (Å²) in [6, 6.07) is 17.7. The minimum absolute atomic E-state index is 0.143. The van der Waals surface area contributed by atoms with Gasteiger partial charge in [-0.05, 0) is 48.0 Å². The van der Waals surface area contributed by atoms with Crippen LogP contribution in [0.2, 0.25) is 5.02 Å². The van der Waals surface area contributed by atoms with Gasteiger partial charge in [0.05, 0.1) is 23.7 Å². The first-order valence-corrected chi connectivity index (χ1v) is 9.75. The fraction of sp³-hybridized carbons (Fsp3) is 0.0833. The van der Waals surface area contributed by atoms with E-state index in [1.165, 1.54) is 48.4 Å². The van der Waals surface area contributed by atoms with E-state index < -0.39 is 29.3 Å². The number of amides is 1. The summed E-state index contributed by atoms with van der Waals surface area (Å²) in [6.07, 6.45) is 0. The van der Waals surface area contributed by atoms with Crippen molar-refractivity contribution >= 4 is 34.7 Å². The van der Waals surface area contributed by atoms with Gasteiger partial charge in [-0.15, -0.1) is 0 Å². The number of hydrogen-bond donors (Lipinski definition) is 1. The van der Waals surface area contributed by atoms with Crippen LogP contribution < -0.4 is 9.64 Å². The molecule has 1 aliphatic heterocycles. The van der Waals surface area contributed by atoms with E-state index in [1.807, 2.05) is 0 Å². The molecule has 0 radical (unpaired) electrons. The molecule has 0 saturated carbocycles. The molecule has 4 rings (SSSR count). The summed E-state index contributed by atoms with van der Waals surface area (Å²) in [7, 11) is 1.46. The number of aliphatic hydroxyl groups excluding tert-OH is 1. The van der Waals surface area contributed by atoms with E-state index in [4.69, 9.17) is 16.3 Å². The molecule has 0 bridgehead atoms. The zero-order chi connectivity index (χ0) is 22.1. The monoisotopic (exact) mass is 437 g/mol. The van der Waals surface area contributed by atoms with Crippen LogP contribution in [0.1, 0.15) is 17.2 Å². The van der Waals surface area contributed by atoms with Crippen LogP contribution in [-0.2, 0) is 9.59 Å². The number of hydrogen-bond acceptors (Lipinski definition) is 4. The van der Waals surface area contributed by atoms with Crippen LogP contribution in [0, 0.1) is 5.82 Å². The number of carbonyl (C=O) groups excluding carboxylic acids is 2. The molecule has 3 aromatic carbocycles. The molecule has 3 aromatic rings. The van der Waals surface area contributed by atoms with Crippen LogP contribution in [-0.4, -0.2) is 23.9 Å². The highest BCUT2D eigenvalue weighted by Crippen LogP contribution is 2.43. The van der Waals surface area contributed by atoms with E-state index in [1.54, 1.807) is 36.4 Å². The highest BCUT2D eigenvalue weighted by molar-refractivity contribution is 6.52. The predicted octanol–water partition coefficient (Wildman–Crippen LogP) is 5.11. The fourth-order valence-corrected chi connectivity index (χ4v) is 3.81. The molecule has 1 saturated heterocycles. The maximum atomic E-state index is 13.6. The van der Waals surface area contributed by atoms with E-state index in [2.05, 4.69) is 0 Å². The van der Waals surface area contributed by atoms with Crippen molar-refractivity contribution in [2.75, 3.05) is 12.0 Å². The lowest BCUT2D eigenvalue weighted by Gasteiger charge is -2.25. The van der Waals surface area contributed by atoms with E-state index >= 15 is 0 Å². The van der Waals surface area contributed by atoms with Gasteiger partial charge >= 0.3 is 0 Å². The van der Waals surface area contributed by atoms with Gasteiger partial charge in [0.1, 0.15) is 17.3 Å². The number of ketones is 1. The minimum Gasteiger partial charge on any atom is -0.507 e. The SMILES string of the molecule is COc1ccc(Cl)c(/C(O)=C2\C(=O)C(=O)N(c3ccccc3)C2c2ccc(F)cc2)c1. The van der Waals surface area contributed by atoms with Crippen LogP contribution in [0.5, 0.6) is 5.75 Å². The molecule has 0 aliphatic carbocycles. The molecule has 156 valence electrons. The number of Topliss-reactive ketones (excluding diaryl/α,β-unsaturated/α-hetero) is 1. The zero-order valence-corrected chi connectivity index (χ0v) is 17.1. The quantitative estimate of drug-likeness (QED) is 0.350. The van der Waals surface area contributed by atoms with Gasteiger partial charge in [0.15, 0.2) is 0 Å². The molecule has 0 aromatic heterocycles. The smallest absolute Gasteiger partial charge is 0.300 e. The van der Waals surface area contributed by atoms with Crippen LogP contribution in [0.4, 0.5) is 10.1 Å². The van der Waals surface area contributed by atoms with Crippen molar-refractivity contribution < 1.29 is 23.8 Å². The Bertz CT molecular complexity index is 1190. The number of ether oxygens (including phenoxy) is 1. The van der Waals surface area contributed by atoms with E-state index in [0.717, 1.165) is 0 Å². The Kier molecular flexibility index (Phi) is 5.48. The number of anilines is 1. The van der Waals surface area contributed by atoms with Crippen molar-refractivity contribution in [2.24, 2.45) is 0 Å². The van der Waals surface area contributed by atoms with Crippen LogP contribution in [0.15, 0.2) is 78.4 Å². The van der Waals surface area contributed by atoms with Gasteiger partial charge in [-0.25, -0.2) is 4.39 Å². The third-order valence-corrected chi connectivity index (χ3v) is 5.42. The van der Waals surface area contributed by atoms with Gasteiger partial charge in [-0.1, -0.05) is 41.9 Å². The Balaban J connectivity index is 1.97. The van der Waals surface area contributed by atoms with Gasteiger partial charge in [-0.2, -0.15) is 0 Å². The summed E-state index contributed by atoms with van der Waals surface area (Å²) in [6.45, 7) is 0. The molecule has 1 unspecified atom stereocenters. The standard InChI is InChI=1S/C24H17ClFNO4/c1-31-17-11-12-19(25)18(13-17)22(28)20-21(14-7-9-15(26)10-8-14)27(24(30)23(20)29)16-5-3-2-4-6-16/h2-13,21,28H,1H3/b22-20+. The molecule has 7 heteroatoms. The number of methoxy groups -OCH3 is 1. The second-order valence-corrected chi connectivity index (χ2v) is 7.31. The van der Waals surface area contributed by atoms with E-state index in [9.17, 15) is 19.1 Å². The van der Waals surface area contributed by atoms with E-state index in [-0.39, 0.29) is 16.2 Å². The van der Waals surface area contributed by atoms with Crippen molar-refractivity contribution in [3.63, 3.8) is 0 Å². The van der Waals surface area contributed by atoms with Gasteiger partial charge in [0.25, 0.3) is 11.7 Å². The summed E-state index contributed by atoms with van der Waals surface area (Å²) in [5.41, 5.74) is 0.939. The van der Waals surface area contributed by atoms with Crippen molar-refractivity contribution in [1.82, 2.24) is 0 Å². The van der Waals surface area contributed by atoms with Crippen molar-refractivity contribution in [3.05, 3.63) is 100 Å². The largest absolute Gasteiger partial charge is 0.507 e. The second kappa shape index (κ2) is 8.24. The summed E-state index contributed by atoms with van der Waals surface area (Å²) >= 11 is 6.27. The van der Waals surface area contributed by atoms with Gasteiger partial charge in [-0.3, -0.25) is 14.5 Å². The number of aliphatic hydroxyl groups is 1. The van der Waals surface area contributed by atoms with Gasteiger partial charge in [0.2, 0.25) is 0 Å². The molecule has 5 nitrogen and oxygen atoms in total. The normalized spacial score (nSPS) is 17.8. The lowest BCUT2D eigenvalue weighted by Crippen LogP contribution is -2.29. The summed E-state index contributed by atoms with van der Waals surface area (Å²) < 4.78 is 18.8. The Morgan fingerprint density at radius 1 is 1.03 bits per heavy atom. The molecule has 1 atom stereocenters. The van der Waals surface area contributed by atoms with Crippen molar-refractivity contribution in [3.8, 4) is 5.75 Å². The molecule has 1 aliphatic rings. The number of carbonyl (C=O) groups is 2. The number of para-hydroxylation sites is 1. The Morgan fingerprint density at radius 3 is 2.35 bits per heavy atom. The Morgan fingerprint density at radius 2 is 1.71 bits per heavy atom. The zero-order valence-electron chi connectivity index (χ0n) is 16.4. The topological polar surface area (TPSA) is 66.8 Å². The molecule has 1 amide bonds. The van der Waals surface area contributed by atoms with Crippen LogP contribution in [0.3, 0.4) is 0 Å².